The van der Waals surface area contributed by atoms with Crippen molar-refractivity contribution in [3.63, 3.8) is 0 Å². The van der Waals surface area contributed by atoms with Gasteiger partial charge in [-0.15, -0.1) is 0 Å². The average molecular weight is 353 g/mol. The maximum Gasteiger partial charge on any atom is 0.216 e. The van der Waals surface area contributed by atoms with Crippen molar-refractivity contribution >= 4 is 5.91 Å². The molecular formula is C19H20FN5O. The molecule has 3 aromatic rings. The third kappa shape index (κ3) is 4.95. The van der Waals surface area contributed by atoms with Crippen LogP contribution < -0.4 is 5.32 Å². The first kappa shape index (κ1) is 17.7. The SMILES string of the molecule is CC(=O)NCCc1nc(Cc2cccnc2)nn1Cc1ccc(F)cc1. The van der Waals surface area contributed by atoms with Crippen LogP contribution in [-0.4, -0.2) is 32.2 Å². The molecule has 2 heterocycles. The number of nitrogens with zero attached hydrogens (tertiary/aromatic N) is 4. The van der Waals surface area contributed by atoms with Crippen LogP contribution in [-0.2, 0) is 24.2 Å². The Morgan fingerprint density at radius 2 is 2.00 bits per heavy atom. The van der Waals surface area contributed by atoms with Crippen LogP contribution in [0.1, 0.15) is 29.7 Å². The van der Waals surface area contributed by atoms with Gasteiger partial charge in [-0.05, 0) is 29.3 Å². The molecule has 0 spiro atoms. The molecule has 0 atom stereocenters. The number of benzene rings is 1. The Hall–Kier alpha value is -3.09. The molecule has 0 aliphatic heterocycles. The second-order valence-corrected chi connectivity index (χ2v) is 6.00. The largest absolute Gasteiger partial charge is 0.356 e. The molecular weight excluding hydrogens is 333 g/mol. The van der Waals surface area contributed by atoms with E-state index in [2.05, 4.69) is 20.4 Å². The molecule has 7 heteroatoms. The predicted molar refractivity (Wildman–Crippen MR) is 95.0 cm³/mol. The van der Waals surface area contributed by atoms with Crippen molar-refractivity contribution in [1.82, 2.24) is 25.1 Å². The van der Waals surface area contributed by atoms with Gasteiger partial charge in [0.05, 0.1) is 6.54 Å². The summed E-state index contributed by atoms with van der Waals surface area (Å²) < 4.78 is 14.9. The van der Waals surface area contributed by atoms with Gasteiger partial charge < -0.3 is 5.32 Å². The van der Waals surface area contributed by atoms with Gasteiger partial charge in [0.15, 0.2) is 5.82 Å². The third-order valence-corrected chi connectivity index (χ3v) is 3.85. The Labute approximate surface area is 151 Å². The molecule has 0 aliphatic rings. The lowest BCUT2D eigenvalue weighted by atomic mass is 10.2. The van der Waals surface area contributed by atoms with Crippen LogP contribution in [0.3, 0.4) is 0 Å². The van der Waals surface area contributed by atoms with E-state index in [1.165, 1.54) is 19.1 Å². The first-order valence-corrected chi connectivity index (χ1v) is 8.40. The summed E-state index contributed by atoms with van der Waals surface area (Å²) in [6.45, 7) is 2.47. The molecule has 1 N–H and O–H groups in total. The molecule has 0 radical (unpaired) electrons. The van der Waals surface area contributed by atoms with E-state index < -0.39 is 0 Å². The van der Waals surface area contributed by atoms with E-state index in [1.807, 2.05) is 12.1 Å². The van der Waals surface area contributed by atoms with Gasteiger partial charge in [0.2, 0.25) is 5.91 Å². The smallest absolute Gasteiger partial charge is 0.216 e. The topological polar surface area (TPSA) is 72.7 Å². The molecule has 134 valence electrons. The van der Waals surface area contributed by atoms with Crippen molar-refractivity contribution in [3.05, 3.63) is 77.4 Å². The zero-order valence-electron chi connectivity index (χ0n) is 14.5. The maximum atomic E-state index is 13.1. The first-order chi connectivity index (χ1) is 12.6. The summed E-state index contributed by atoms with van der Waals surface area (Å²) >= 11 is 0. The van der Waals surface area contributed by atoms with E-state index in [4.69, 9.17) is 0 Å². The van der Waals surface area contributed by atoms with Crippen LogP contribution >= 0.6 is 0 Å². The van der Waals surface area contributed by atoms with Gasteiger partial charge in [0, 0.05) is 38.7 Å². The van der Waals surface area contributed by atoms with Crippen LogP contribution in [0.2, 0.25) is 0 Å². The van der Waals surface area contributed by atoms with Gasteiger partial charge >= 0.3 is 0 Å². The fraction of sp³-hybridized carbons (Fsp3) is 0.263. The molecule has 0 unspecified atom stereocenters. The highest BCUT2D eigenvalue weighted by atomic mass is 19.1. The second-order valence-electron chi connectivity index (χ2n) is 6.00. The molecule has 1 aromatic carbocycles. The van der Waals surface area contributed by atoms with E-state index in [0.717, 1.165) is 17.0 Å². The van der Waals surface area contributed by atoms with E-state index in [1.54, 1.807) is 29.2 Å². The Kier molecular flexibility index (Phi) is 5.68. The summed E-state index contributed by atoms with van der Waals surface area (Å²) in [5, 5.41) is 7.36. The molecule has 26 heavy (non-hydrogen) atoms. The molecule has 0 aliphatic carbocycles. The van der Waals surface area contributed by atoms with Gasteiger partial charge in [-0.3, -0.25) is 9.78 Å². The second kappa shape index (κ2) is 8.33. The Bertz CT molecular complexity index is 861. The lowest BCUT2D eigenvalue weighted by molar-refractivity contribution is -0.118. The number of pyridine rings is 1. The number of carbonyl (C=O) groups is 1. The molecule has 3 rings (SSSR count). The lowest BCUT2D eigenvalue weighted by Crippen LogP contribution is -2.23. The Morgan fingerprint density at radius 1 is 1.19 bits per heavy atom. The molecule has 0 fully saturated rings. The van der Waals surface area contributed by atoms with Crippen LogP contribution in [0.5, 0.6) is 0 Å². The number of aromatic nitrogens is 4. The monoisotopic (exact) mass is 353 g/mol. The highest BCUT2D eigenvalue weighted by molar-refractivity contribution is 5.72. The van der Waals surface area contributed by atoms with Gasteiger partial charge in [-0.2, -0.15) is 5.10 Å². The van der Waals surface area contributed by atoms with Gasteiger partial charge in [0.1, 0.15) is 11.6 Å². The molecule has 0 saturated heterocycles. The average Bonchev–Trinajstić information content (AvgIpc) is 2.99. The third-order valence-electron chi connectivity index (χ3n) is 3.85. The van der Waals surface area contributed by atoms with E-state index >= 15 is 0 Å². The Morgan fingerprint density at radius 3 is 2.69 bits per heavy atom. The molecule has 0 bridgehead atoms. The highest BCUT2D eigenvalue weighted by Crippen LogP contribution is 2.10. The molecule has 0 saturated carbocycles. The van der Waals surface area contributed by atoms with Crippen molar-refractivity contribution < 1.29 is 9.18 Å². The van der Waals surface area contributed by atoms with Gasteiger partial charge in [-0.25, -0.2) is 14.1 Å². The van der Waals surface area contributed by atoms with Crippen LogP contribution in [0.15, 0.2) is 48.8 Å². The maximum absolute atomic E-state index is 13.1. The minimum absolute atomic E-state index is 0.0785. The van der Waals surface area contributed by atoms with Crippen LogP contribution in [0.4, 0.5) is 4.39 Å². The summed E-state index contributed by atoms with van der Waals surface area (Å²) in [7, 11) is 0. The zero-order valence-corrected chi connectivity index (χ0v) is 14.5. The molecule has 2 aromatic heterocycles. The van der Waals surface area contributed by atoms with E-state index in [0.29, 0.717) is 31.8 Å². The number of nitrogens with one attached hydrogen (secondary N) is 1. The number of amides is 1. The molecule has 6 nitrogen and oxygen atoms in total. The van der Waals surface area contributed by atoms with E-state index in [-0.39, 0.29) is 11.7 Å². The number of halogens is 1. The van der Waals surface area contributed by atoms with Crippen molar-refractivity contribution in [3.8, 4) is 0 Å². The van der Waals surface area contributed by atoms with Crippen molar-refractivity contribution in [2.75, 3.05) is 6.54 Å². The van der Waals surface area contributed by atoms with Crippen molar-refractivity contribution in [2.45, 2.75) is 26.3 Å². The first-order valence-electron chi connectivity index (χ1n) is 8.40. The fourth-order valence-corrected chi connectivity index (χ4v) is 2.61. The highest BCUT2D eigenvalue weighted by Gasteiger charge is 2.11. The van der Waals surface area contributed by atoms with Crippen LogP contribution in [0.25, 0.3) is 0 Å². The van der Waals surface area contributed by atoms with Gasteiger partial charge in [-0.1, -0.05) is 18.2 Å². The standard InChI is InChI=1S/C19H20FN5O/c1-14(26)22-10-8-19-23-18(11-16-3-2-9-21-12-16)24-25(19)13-15-4-6-17(20)7-5-15/h2-7,9,12H,8,10-11,13H2,1H3,(H,22,26). The Balaban J connectivity index is 1.79. The molecule has 1 amide bonds. The normalized spacial score (nSPS) is 10.7. The minimum atomic E-state index is -0.268. The number of hydrogen-bond donors (Lipinski definition) is 1. The number of hydrogen-bond acceptors (Lipinski definition) is 4. The number of rotatable bonds is 7. The summed E-state index contributed by atoms with van der Waals surface area (Å²) in [5.74, 6) is 1.13. The number of carbonyl (C=O) groups excluding carboxylic acids is 1. The zero-order chi connectivity index (χ0) is 18.4. The quantitative estimate of drug-likeness (QED) is 0.706. The van der Waals surface area contributed by atoms with Gasteiger partial charge in [0.25, 0.3) is 0 Å². The van der Waals surface area contributed by atoms with E-state index in [9.17, 15) is 9.18 Å². The fourth-order valence-electron chi connectivity index (χ4n) is 2.61. The summed E-state index contributed by atoms with van der Waals surface area (Å²) in [6.07, 6.45) is 4.67. The van der Waals surface area contributed by atoms with Crippen LogP contribution in [0, 0.1) is 5.82 Å². The lowest BCUT2D eigenvalue weighted by Gasteiger charge is -2.06. The summed E-state index contributed by atoms with van der Waals surface area (Å²) in [4.78, 5) is 19.8. The van der Waals surface area contributed by atoms with Crippen molar-refractivity contribution in [2.24, 2.45) is 0 Å². The van der Waals surface area contributed by atoms with Crippen molar-refractivity contribution in [1.29, 1.82) is 0 Å². The summed E-state index contributed by atoms with van der Waals surface area (Å²) in [6, 6.07) is 10.2. The minimum Gasteiger partial charge on any atom is -0.356 e. The predicted octanol–water partition coefficient (Wildman–Crippen LogP) is 2.13. The summed E-state index contributed by atoms with van der Waals surface area (Å²) in [5.41, 5.74) is 1.96.